The van der Waals surface area contributed by atoms with Crippen LogP contribution >= 0.6 is 0 Å². The zero-order valence-corrected chi connectivity index (χ0v) is 52.2. The van der Waals surface area contributed by atoms with Gasteiger partial charge in [-0.1, -0.05) is 65.3 Å². The molecule has 3 unspecified atom stereocenters. The summed E-state index contributed by atoms with van der Waals surface area (Å²) in [6.07, 6.45) is -28.0. The van der Waals surface area contributed by atoms with Crippen molar-refractivity contribution in [2.24, 2.45) is 50.2 Å². The van der Waals surface area contributed by atoms with E-state index in [1.54, 1.807) is 31.2 Å². The highest BCUT2D eigenvalue weighted by molar-refractivity contribution is 5.87. The standard InChI is InChI=1S/C64H92O26/c1-28-40(69)42(71)46(75)54(82-28)89-52-48(77)49(86-39(68)17-12-30-10-13-31(81-9)14-11-30)29(2)83-56(52)90-58(80)64-23-22-59(3,4)24-33(64)32-15-16-36-60(5)20-19-38(61(6,27-66)35(60)18-21-62(36,7)63(32,8)25-37(64)67)85-57-51(45(74)44(73)50(87-57)53(78)79)88-55-47(76)43(72)41(70)34(26-65)84-55/h10-15,17,27-29,33-38,40-52,54-57,65,67,69-77H,16,18-26H2,1-9H3,(H,78,79)/b17-12+/t28-,29-,33?,34+,35?,36?,37+,38-,40-,41-,42+,43-,44-,45-,46+,47+,48+,49+,50-,51+,52-,54-,55-,56+,57-,60-,61-,62+,63+,64+/m0/s1. The summed E-state index contributed by atoms with van der Waals surface area (Å²) < 4.78 is 59.7. The number of allylic oxidation sites excluding steroid dienone is 2. The second-order valence-electron chi connectivity index (χ2n) is 28.6. The van der Waals surface area contributed by atoms with Crippen LogP contribution in [-0.4, -0.2) is 234 Å². The van der Waals surface area contributed by atoms with Gasteiger partial charge in [0.15, 0.2) is 37.2 Å². The summed E-state index contributed by atoms with van der Waals surface area (Å²) in [4.78, 5) is 55.5. The molecule has 90 heavy (non-hydrogen) atoms. The van der Waals surface area contributed by atoms with Gasteiger partial charge in [-0.05, 0) is 135 Å². The Morgan fingerprint density at radius 2 is 1.27 bits per heavy atom. The number of aliphatic hydroxyl groups is 11. The van der Waals surface area contributed by atoms with Gasteiger partial charge in [0.2, 0.25) is 6.29 Å². The van der Waals surface area contributed by atoms with E-state index < -0.39 is 198 Å². The maximum absolute atomic E-state index is 15.7. The second-order valence-corrected chi connectivity index (χ2v) is 28.6. The van der Waals surface area contributed by atoms with Crippen LogP contribution in [0.2, 0.25) is 0 Å². The fraction of sp³-hybridized carbons (Fsp3) is 0.781. The molecule has 8 fully saturated rings. The number of hydrogen-bond donors (Lipinski definition) is 12. The van der Waals surface area contributed by atoms with Crippen LogP contribution in [0.4, 0.5) is 0 Å². The van der Waals surface area contributed by atoms with Gasteiger partial charge in [0.05, 0.1) is 43.5 Å². The molecule has 26 nitrogen and oxygen atoms in total. The van der Waals surface area contributed by atoms with Crippen LogP contribution in [0.3, 0.4) is 0 Å². The summed E-state index contributed by atoms with van der Waals surface area (Å²) in [7, 11) is 1.52. The van der Waals surface area contributed by atoms with E-state index in [0.717, 1.165) is 17.9 Å². The number of esters is 2. The number of carboxylic acid groups (broad SMARTS) is 1. The van der Waals surface area contributed by atoms with Crippen molar-refractivity contribution in [1.82, 2.24) is 0 Å². The van der Waals surface area contributed by atoms with Crippen LogP contribution in [-0.2, 0) is 61.8 Å². The lowest BCUT2D eigenvalue weighted by Gasteiger charge is -2.71. The fourth-order valence-corrected chi connectivity index (χ4v) is 17.5. The Morgan fingerprint density at radius 1 is 0.633 bits per heavy atom. The first-order valence-corrected chi connectivity index (χ1v) is 31.4. The van der Waals surface area contributed by atoms with Crippen molar-refractivity contribution in [2.75, 3.05) is 13.7 Å². The summed E-state index contributed by atoms with van der Waals surface area (Å²) >= 11 is 0. The van der Waals surface area contributed by atoms with E-state index in [9.17, 15) is 75.7 Å². The van der Waals surface area contributed by atoms with Crippen molar-refractivity contribution in [3.05, 3.63) is 47.6 Å². The number of carbonyl (C=O) groups is 4. The number of methoxy groups -OCH3 is 1. The molecule has 1 aromatic rings. The third-order valence-corrected chi connectivity index (χ3v) is 23.1. The first-order chi connectivity index (χ1) is 42.2. The molecule has 26 heteroatoms. The van der Waals surface area contributed by atoms with Crippen LogP contribution in [0.5, 0.6) is 5.75 Å². The molecule has 0 amide bonds. The number of benzene rings is 1. The van der Waals surface area contributed by atoms with Gasteiger partial charge < -0.3 is 113 Å². The highest BCUT2D eigenvalue weighted by Crippen LogP contribution is 2.76. The van der Waals surface area contributed by atoms with Gasteiger partial charge in [-0.3, -0.25) is 4.79 Å². The minimum Gasteiger partial charge on any atom is -0.497 e. The summed E-state index contributed by atoms with van der Waals surface area (Å²) in [6.45, 7) is 14.6. The fourth-order valence-electron chi connectivity index (χ4n) is 17.5. The lowest BCUT2D eigenvalue weighted by atomic mass is 9.33. The molecule has 4 saturated heterocycles. The Balaban J connectivity index is 0.920. The molecule has 4 aliphatic heterocycles. The van der Waals surface area contributed by atoms with Crippen LogP contribution in [0.25, 0.3) is 6.08 Å². The van der Waals surface area contributed by atoms with Crippen LogP contribution in [0, 0.1) is 50.2 Å². The Labute approximate surface area is 521 Å². The molecule has 30 atom stereocenters. The van der Waals surface area contributed by atoms with Crippen molar-refractivity contribution in [1.29, 1.82) is 0 Å². The average molecular weight is 1280 g/mol. The highest BCUT2D eigenvalue weighted by Gasteiger charge is 2.73. The van der Waals surface area contributed by atoms with Gasteiger partial charge >= 0.3 is 17.9 Å². The van der Waals surface area contributed by atoms with Crippen molar-refractivity contribution in [3.8, 4) is 5.75 Å². The van der Waals surface area contributed by atoms with Gasteiger partial charge in [0.1, 0.15) is 84.6 Å². The number of aliphatic hydroxyl groups excluding tert-OH is 11. The predicted octanol–water partition coefficient (Wildman–Crippen LogP) is 0.535. The van der Waals surface area contributed by atoms with Crippen molar-refractivity contribution < 1.29 is 128 Å². The van der Waals surface area contributed by atoms with Crippen molar-refractivity contribution in [3.63, 3.8) is 0 Å². The Morgan fingerprint density at radius 3 is 1.90 bits per heavy atom. The molecule has 0 radical (unpaired) electrons. The third-order valence-electron chi connectivity index (χ3n) is 23.1. The zero-order chi connectivity index (χ0) is 65.7. The zero-order valence-electron chi connectivity index (χ0n) is 52.2. The largest absolute Gasteiger partial charge is 0.497 e. The van der Waals surface area contributed by atoms with Gasteiger partial charge in [-0.2, -0.15) is 0 Å². The van der Waals surface area contributed by atoms with Gasteiger partial charge in [0.25, 0.3) is 0 Å². The second kappa shape index (κ2) is 25.5. The summed E-state index contributed by atoms with van der Waals surface area (Å²) in [5, 5.41) is 132. The van der Waals surface area contributed by atoms with Crippen LogP contribution in [0.15, 0.2) is 42.0 Å². The molecular weight excluding hydrogens is 1180 g/mol. The number of carbonyl (C=O) groups excluding carboxylic acids is 3. The number of hydrogen-bond acceptors (Lipinski definition) is 25. The number of aldehydes is 1. The Bertz CT molecular complexity index is 2830. The van der Waals surface area contributed by atoms with Gasteiger partial charge in [0, 0.05) is 6.08 Å². The number of ether oxygens (including phenoxy) is 10. The van der Waals surface area contributed by atoms with E-state index in [-0.39, 0.29) is 30.6 Å². The van der Waals surface area contributed by atoms with E-state index >= 15 is 4.79 Å². The molecule has 5 aliphatic carbocycles. The maximum atomic E-state index is 15.7. The lowest BCUT2D eigenvalue weighted by Crippen LogP contribution is -2.69. The predicted molar refractivity (Wildman–Crippen MR) is 308 cm³/mol. The topological polar surface area (TPSA) is 403 Å². The quantitative estimate of drug-likeness (QED) is 0.0375. The van der Waals surface area contributed by atoms with E-state index in [2.05, 4.69) is 40.7 Å². The van der Waals surface area contributed by atoms with E-state index in [1.807, 2.05) is 0 Å². The molecule has 10 rings (SSSR count). The summed E-state index contributed by atoms with van der Waals surface area (Å²) in [5.41, 5.74) is -3.59. The highest BCUT2D eigenvalue weighted by atomic mass is 16.8. The maximum Gasteiger partial charge on any atom is 0.335 e. The third kappa shape index (κ3) is 11.6. The smallest absolute Gasteiger partial charge is 0.335 e. The molecule has 12 N–H and O–H groups in total. The lowest BCUT2D eigenvalue weighted by molar-refractivity contribution is -0.373. The SMILES string of the molecule is COc1ccc(/C=C/C(=O)O[C@H]2[C@@H](O)[C@H](O[C@@H]3O[C@@H](C)[C@H](O)[C@@H](O)[C@H]3O)[C@@H](OC(=O)[C@]34CCC(C)(C)CC3C3=CCC5[C@@]6(C)CC[C@H](O[C@H]7O[C@H](C(=O)O)[C@@H](O)[C@H](O)[C@H]7O[C@@H]7O[C@H](CO)[C@H](O)[C@H](O)[C@H]7O)[C@@](C)(C=O)C6CC[C@@]5(C)[C@]3(C)C[C@H]4O)O[C@H]2C)cc1. The number of carboxylic acids is 1. The monoisotopic (exact) mass is 1280 g/mol. The number of rotatable bonds is 15. The first kappa shape index (κ1) is 68.7. The van der Waals surface area contributed by atoms with Crippen molar-refractivity contribution >= 4 is 30.3 Å². The molecule has 4 heterocycles. The Kier molecular flexibility index (Phi) is 19.5. The molecule has 0 bridgehead atoms. The molecular formula is C64H92O26. The average Bonchev–Trinajstić information content (AvgIpc) is 0.672. The molecule has 1 aromatic carbocycles. The number of fused-ring (bicyclic) bond motifs is 7. The molecule has 0 aromatic heterocycles. The molecule has 9 aliphatic rings. The molecule has 4 saturated carbocycles. The van der Waals surface area contributed by atoms with Crippen LogP contribution in [0.1, 0.15) is 119 Å². The Hall–Kier alpha value is -4.14. The summed E-state index contributed by atoms with van der Waals surface area (Å²) in [5.74, 6) is -3.91. The van der Waals surface area contributed by atoms with E-state index in [4.69, 9.17) is 47.4 Å². The van der Waals surface area contributed by atoms with E-state index in [1.165, 1.54) is 27.0 Å². The molecule has 0 spiro atoms. The summed E-state index contributed by atoms with van der Waals surface area (Å²) in [6, 6.07) is 6.84. The van der Waals surface area contributed by atoms with E-state index in [0.29, 0.717) is 49.8 Å². The normalized spacial score (nSPS) is 49.2. The van der Waals surface area contributed by atoms with Gasteiger partial charge in [-0.25, -0.2) is 9.59 Å². The van der Waals surface area contributed by atoms with Crippen molar-refractivity contribution in [2.45, 2.75) is 248 Å². The minimum atomic E-state index is -2.10. The number of aliphatic carboxylic acids is 1. The first-order valence-electron chi connectivity index (χ1n) is 31.4. The van der Waals surface area contributed by atoms with Crippen LogP contribution < -0.4 is 4.74 Å². The minimum absolute atomic E-state index is 0.107. The van der Waals surface area contributed by atoms with Gasteiger partial charge in [-0.15, -0.1) is 0 Å². The molecule has 504 valence electrons.